The second kappa shape index (κ2) is 7.69. The lowest BCUT2D eigenvalue weighted by Crippen LogP contribution is -2.42. The summed E-state index contributed by atoms with van der Waals surface area (Å²) in [4.78, 5) is 0. The van der Waals surface area contributed by atoms with Crippen molar-refractivity contribution in [3.05, 3.63) is 63.1 Å². The molecule has 3 nitrogen and oxygen atoms in total. The van der Waals surface area contributed by atoms with Gasteiger partial charge in [-0.05, 0) is 85.6 Å². The zero-order valence-electron chi connectivity index (χ0n) is 17.1. The number of benzene rings is 2. The Morgan fingerprint density at radius 2 is 1.97 bits per heavy atom. The minimum absolute atomic E-state index is 0.130. The minimum atomic E-state index is 0.130. The number of hydrogen-bond donors (Lipinski definition) is 1. The summed E-state index contributed by atoms with van der Waals surface area (Å²) in [6.07, 6.45) is 8.52. The molecular weight excluding hydrogens is 415 g/mol. The summed E-state index contributed by atoms with van der Waals surface area (Å²) in [5.41, 5.74) is 4.96. The summed E-state index contributed by atoms with van der Waals surface area (Å²) < 4.78 is 0. The molecule has 5 heteroatoms. The van der Waals surface area contributed by atoms with E-state index in [9.17, 15) is 5.11 Å². The van der Waals surface area contributed by atoms with Crippen LogP contribution in [-0.4, -0.2) is 17.0 Å². The topological polar surface area (TPSA) is 45.0 Å². The summed E-state index contributed by atoms with van der Waals surface area (Å²) in [7, 11) is 0. The number of halogens is 2. The Kier molecular flexibility index (Phi) is 5.15. The van der Waals surface area contributed by atoms with E-state index in [4.69, 9.17) is 28.3 Å². The number of hydrogen-bond acceptors (Lipinski definition) is 3. The van der Waals surface area contributed by atoms with Crippen molar-refractivity contribution >= 4 is 35.1 Å². The fourth-order valence-electron chi connectivity index (χ4n) is 6.30. The minimum Gasteiger partial charge on any atom is -0.508 e. The molecule has 2 fully saturated rings. The first-order valence-corrected chi connectivity index (χ1v) is 11.6. The number of aryl methyl sites for hydroxylation is 1. The Morgan fingerprint density at radius 3 is 2.83 bits per heavy atom. The van der Waals surface area contributed by atoms with Crippen LogP contribution in [0.2, 0.25) is 10.0 Å². The molecule has 5 rings (SSSR count). The van der Waals surface area contributed by atoms with Gasteiger partial charge in [0, 0.05) is 16.7 Å². The van der Waals surface area contributed by atoms with Gasteiger partial charge in [0.05, 0.1) is 16.3 Å². The molecular formula is C25H26Cl2N2O. The highest BCUT2D eigenvalue weighted by molar-refractivity contribution is 6.43. The molecule has 30 heavy (non-hydrogen) atoms. The zero-order valence-corrected chi connectivity index (χ0v) is 18.6. The molecule has 2 saturated carbocycles. The molecule has 0 aromatic heterocycles. The van der Waals surface area contributed by atoms with Gasteiger partial charge in [-0.2, -0.15) is 10.2 Å². The second-order valence-corrected chi connectivity index (χ2v) is 10.0. The van der Waals surface area contributed by atoms with Crippen LogP contribution >= 0.6 is 23.2 Å². The van der Waals surface area contributed by atoms with Crippen LogP contribution in [-0.2, 0) is 6.42 Å². The predicted octanol–water partition coefficient (Wildman–Crippen LogP) is 7.03. The summed E-state index contributed by atoms with van der Waals surface area (Å²) in [5, 5.41) is 20.0. The average Bonchev–Trinajstić information content (AvgIpc) is 3.07. The molecule has 0 aliphatic heterocycles. The van der Waals surface area contributed by atoms with Gasteiger partial charge in [-0.15, -0.1) is 0 Å². The molecule has 2 aromatic carbocycles. The first-order chi connectivity index (χ1) is 14.5. The van der Waals surface area contributed by atoms with Gasteiger partial charge in [-0.3, -0.25) is 0 Å². The number of aromatic hydroxyl groups is 1. The Labute approximate surface area is 187 Å². The molecule has 0 saturated heterocycles. The van der Waals surface area contributed by atoms with Gasteiger partial charge < -0.3 is 5.11 Å². The largest absolute Gasteiger partial charge is 0.508 e. The molecule has 156 valence electrons. The van der Waals surface area contributed by atoms with Crippen LogP contribution in [0.1, 0.15) is 61.6 Å². The molecule has 0 bridgehead atoms. The number of nitrogens with zero attached hydrogens (tertiary/aromatic N) is 2. The Balaban J connectivity index is 1.39. The highest BCUT2D eigenvalue weighted by Crippen LogP contribution is 2.60. The van der Waals surface area contributed by atoms with Gasteiger partial charge in [0.2, 0.25) is 0 Å². The van der Waals surface area contributed by atoms with Crippen molar-refractivity contribution in [2.75, 3.05) is 0 Å². The normalized spacial score (nSPS) is 31.6. The first kappa shape index (κ1) is 20.1. The van der Waals surface area contributed by atoms with Gasteiger partial charge in [-0.25, -0.2) is 0 Å². The molecule has 0 radical (unpaired) electrons. The van der Waals surface area contributed by atoms with Crippen LogP contribution in [0.3, 0.4) is 0 Å². The van der Waals surface area contributed by atoms with Crippen LogP contribution in [0.25, 0.3) is 0 Å². The van der Waals surface area contributed by atoms with Crippen LogP contribution in [0.5, 0.6) is 5.75 Å². The van der Waals surface area contributed by atoms with E-state index in [1.165, 1.54) is 36.1 Å². The van der Waals surface area contributed by atoms with Crippen molar-refractivity contribution in [3.63, 3.8) is 0 Å². The SMILES string of the molecule is C[C@]12CC[C@H]3c4ccc(O)cc4CC[C@@H]3[C@@H]1CC/C2=N/N=C\c1cccc(Cl)c1Cl. The third-order valence-corrected chi connectivity index (χ3v) is 8.64. The van der Waals surface area contributed by atoms with E-state index in [0.717, 1.165) is 24.8 Å². The van der Waals surface area contributed by atoms with Gasteiger partial charge in [-0.1, -0.05) is 48.3 Å². The van der Waals surface area contributed by atoms with Crippen molar-refractivity contribution in [1.82, 2.24) is 0 Å². The van der Waals surface area contributed by atoms with Gasteiger partial charge >= 0.3 is 0 Å². The lowest BCUT2D eigenvalue weighted by atomic mass is 9.55. The van der Waals surface area contributed by atoms with E-state index in [0.29, 0.717) is 33.5 Å². The zero-order chi connectivity index (χ0) is 20.9. The maximum atomic E-state index is 9.86. The van der Waals surface area contributed by atoms with Crippen molar-refractivity contribution in [2.24, 2.45) is 27.5 Å². The predicted molar refractivity (Wildman–Crippen MR) is 124 cm³/mol. The van der Waals surface area contributed by atoms with Crippen LogP contribution in [0, 0.1) is 17.3 Å². The van der Waals surface area contributed by atoms with E-state index in [2.05, 4.69) is 18.1 Å². The highest BCUT2D eigenvalue weighted by atomic mass is 35.5. The lowest BCUT2D eigenvalue weighted by Gasteiger charge is -2.49. The maximum Gasteiger partial charge on any atom is 0.115 e. The third-order valence-electron chi connectivity index (χ3n) is 7.81. The van der Waals surface area contributed by atoms with Crippen LogP contribution in [0.4, 0.5) is 0 Å². The maximum absolute atomic E-state index is 9.86. The van der Waals surface area contributed by atoms with Crippen LogP contribution < -0.4 is 0 Å². The molecule has 3 aliphatic carbocycles. The molecule has 2 aromatic rings. The number of phenols is 1. The Morgan fingerprint density at radius 1 is 1.10 bits per heavy atom. The van der Waals surface area contributed by atoms with E-state index in [1.807, 2.05) is 24.3 Å². The van der Waals surface area contributed by atoms with Gasteiger partial charge in [0.25, 0.3) is 0 Å². The Hall–Kier alpha value is -1.84. The van der Waals surface area contributed by atoms with E-state index < -0.39 is 0 Å². The summed E-state index contributed by atoms with van der Waals surface area (Å²) in [5.74, 6) is 2.35. The fraction of sp³-hybridized carbons (Fsp3) is 0.440. The quantitative estimate of drug-likeness (QED) is 0.395. The third kappa shape index (κ3) is 3.27. The second-order valence-electron chi connectivity index (χ2n) is 9.23. The Bertz CT molecular complexity index is 1050. The highest BCUT2D eigenvalue weighted by Gasteiger charge is 2.53. The van der Waals surface area contributed by atoms with Crippen molar-refractivity contribution < 1.29 is 5.11 Å². The van der Waals surface area contributed by atoms with Gasteiger partial charge in [0.1, 0.15) is 5.75 Å². The molecule has 0 amide bonds. The van der Waals surface area contributed by atoms with Crippen molar-refractivity contribution in [1.29, 1.82) is 0 Å². The first-order valence-electron chi connectivity index (χ1n) is 10.8. The molecule has 1 N–H and O–H groups in total. The monoisotopic (exact) mass is 440 g/mol. The van der Waals surface area contributed by atoms with Crippen molar-refractivity contribution in [3.8, 4) is 5.75 Å². The number of rotatable bonds is 2. The fourth-order valence-corrected chi connectivity index (χ4v) is 6.66. The molecule has 0 unspecified atom stereocenters. The van der Waals surface area contributed by atoms with Crippen LogP contribution in [0.15, 0.2) is 46.6 Å². The van der Waals surface area contributed by atoms with E-state index in [1.54, 1.807) is 12.3 Å². The molecule has 0 spiro atoms. The molecule has 3 aliphatic rings. The number of phenolic OH excluding ortho intramolecular Hbond substituents is 1. The molecule has 4 atom stereocenters. The van der Waals surface area contributed by atoms with Crippen molar-refractivity contribution in [2.45, 2.75) is 51.4 Å². The van der Waals surface area contributed by atoms with E-state index >= 15 is 0 Å². The smallest absolute Gasteiger partial charge is 0.115 e. The molecule has 0 heterocycles. The average molecular weight is 441 g/mol. The summed E-state index contributed by atoms with van der Waals surface area (Å²) in [6.45, 7) is 2.40. The summed E-state index contributed by atoms with van der Waals surface area (Å²) >= 11 is 12.4. The van der Waals surface area contributed by atoms with E-state index in [-0.39, 0.29) is 5.41 Å². The standard InChI is InChI=1S/C25H26Cl2N2O/c1-25-12-11-19-18-8-6-17(30)13-15(18)5-7-20(19)21(25)9-10-23(25)29-28-14-16-3-2-4-22(26)24(16)27/h2-4,6,8,13-14,19-21,30H,5,7,9-12H2,1H3/b28-14-,29-23-/t19-,20-,21-,25-/m0/s1. The lowest BCUT2D eigenvalue weighted by molar-refractivity contribution is 0.0955. The summed E-state index contributed by atoms with van der Waals surface area (Å²) in [6, 6.07) is 11.5. The number of fused-ring (bicyclic) bond motifs is 5. The van der Waals surface area contributed by atoms with Gasteiger partial charge in [0.15, 0.2) is 0 Å².